The number of rotatable bonds is 5. The van der Waals surface area contributed by atoms with Crippen LogP contribution in [0.2, 0.25) is 0 Å². The first-order valence-electron chi connectivity index (χ1n) is 20.4. The Hall–Kier alpha value is -7.93. The fourth-order valence-electron chi connectivity index (χ4n) is 9.21. The number of hydrogen-bond acceptors (Lipinski definition) is 5. The van der Waals surface area contributed by atoms with Crippen LogP contribution in [-0.2, 0) is 0 Å². The minimum absolute atomic E-state index is 0.545. The lowest BCUT2D eigenvalue weighted by atomic mass is 9.96. The highest BCUT2D eigenvalue weighted by atomic mass is 32.1. The van der Waals surface area contributed by atoms with Gasteiger partial charge in [-0.15, -0.1) is 11.3 Å². The molecule has 13 aromatic rings. The van der Waals surface area contributed by atoms with Crippen LogP contribution < -0.4 is 0 Å². The number of furan rings is 1. The summed E-state index contributed by atoms with van der Waals surface area (Å²) in [7, 11) is 0. The molecule has 284 valence electrons. The summed E-state index contributed by atoms with van der Waals surface area (Å²) in [5.41, 5.74) is 10.0. The Bertz CT molecular complexity index is 3900. The van der Waals surface area contributed by atoms with Gasteiger partial charge in [0.1, 0.15) is 11.2 Å². The predicted molar refractivity (Wildman–Crippen MR) is 254 cm³/mol. The summed E-state index contributed by atoms with van der Waals surface area (Å²) in [6, 6.07) is 68.7. The van der Waals surface area contributed by atoms with Crippen molar-refractivity contribution in [3.63, 3.8) is 0 Å². The van der Waals surface area contributed by atoms with Crippen molar-refractivity contribution in [1.82, 2.24) is 19.5 Å². The van der Waals surface area contributed by atoms with Gasteiger partial charge in [0, 0.05) is 63.8 Å². The Morgan fingerprint density at radius 2 is 1.00 bits per heavy atom. The minimum atomic E-state index is 0.545. The smallest absolute Gasteiger partial charge is 0.238 e. The molecule has 0 aliphatic rings. The molecule has 4 aromatic heterocycles. The van der Waals surface area contributed by atoms with Crippen molar-refractivity contribution in [1.29, 1.82) is 0 Å². The normalized spacial score (nSPS) is 11.9. The van der Waals surface area contributed by atoms with E-state index in [1.807, 2.05) is 47.7 Å². The van der Waals surface area contributed by atoms with E-state index in [0.717, 1.165) is 82.3 Å². The Labute approximate surface area is 353 Å². The number of aromatic nitrogens is 4. The predicted octanol–water partition coefficient (Wildman–Crippen LogP) is 15.1. The largest absolute Gasteiger partial charge is 0.456 e. The molecule has 0 amide bonds. The van der Waals surface area contributed by atoms with Crippen LogP contribution in [0.4, 0.5) is 0 Å². The average molecular weight is 797 g/mol. The summed E-state index contributed by atoms with van der Waals surface area (Å²) in [4.78, 5) is 15.9. The van der Waals surface area contributed by atoms with Gasteiger partial charge in [0.2, 0.25) is 5.95 Å². The first-order valence-corrected chi connectivity index (χ1v) is 21.2. The second kappa shape index (κ2) is 13.3. The van der Waals surface area contributed by atoms with Crippen LogP contribution in [0.15, 0.2) is 199 Å². The SMILES string of the molecule is c1ccc(-c2nc(-c3ccc4c(c3)oc3ccccc34)nc(-n3c4c(-c5cccc(-c6ccc7sc8ccccc8c7c6)c5)cccc4c4ccc5ccccc5c43)n2)cc1. The molecular formula is C55H32N4OS. The second-order valence-electron chi connectivity index (χ2n) is 15.6. The summed E-state index contributed by atoms with van der Waals surface area (Å²) in [6.45, 7) is 0. The van der Waals surface area contributed by atoms with Gasteiger partial charge in [0.05, 0.1) is 11.0 Å². The first-order chi connectivity index (χ1) is 30.2. The van der Waals surface area contributed by atoms with Crippen molar-refractivity contribution in [2.24, 2.45) is 0 Å². The molecule has 0 aliphatic heterocycles. The van der Waals surface area contributed by atoms with Gasteiger partial charge in [0.25, 0.3) is 0 Å². The Kier molecular flexibility index (Phi) is 7.41. The number of hydrogen-bond donors (Lipinski definition) is 0. The molecule has 5 nitrogen and oxygen atoms in total. The Balaban J connectivity index is 1.08. The number of thiophene rings is 1. The van der Waals surface area contributed by atoms with Gasteiger partial charge in [-0.05, 0) is 64.5 Å². The van der Waals surface area contributed by atoms with E-state index in [0.29, 0.717) is 17.6 Å². The van der Waals surface area contributed by atoms with Crippen LogP contribution in [-0.4, -0.2) is 19.5 Å². The molecule has 0 spiro atoms. The van der Waals surface area contributed by atoms with E-state index in [-0.39, 0.29) is 0 Å². The summed E-state index contributed by atoms with van der Waals surface area (Å²) < 4.78 is 11.2. The van der Waals surface area contributed by atoms with E-state index in [1.54, 1.807) is 0 Å². The van der Waals surface area contributed by atoms with E-state index in [9.17, 15) is 0 Å². The molecule has 0 radical (unpaired) electrons. The molecule has 9 aromatic carbocycles. The minimum Gasteiger partial charge on any atom is -0.456 e. The van der Waals surface area contributed by atoms with E-state index < -0.39 is 0 Å². The monoisotopic (exact) mass is 796 g/mol. The zero-order chi connectivity index (χ0) is 40.0. The Morgan fingerprint density at radius 3 is 1.92 bits per heavy atom. The maximum absolute atomic E-state index is 6.36. The van der Waals surface area contributed by atoms with Gasteiger partial charge >= 0.3 is 0 Å². The third-order valence-electron chi connectivity index (χ3n) is 12.1. The lowest BCUT2D eigenvalue weighted by molar-refractivity contribution is 0.669. The number of fused-ring (bicyclic) bond motifs is 11. The fraction of sp³-hybridized carbons (Fsp3) is 0. The fourth-order valence-corrected chi connectivity index (χ4v) is 10.3. The van der Waals surface area contributed by atoms with Gasteiger partial charge in [0.15, 0.2) is 11.6 Å². The summed E-state index contributed by atoms with van der Waals surface area (Å²) >= 11 is 1.85. The van der Waals surface area contributed by atoms with Gasteiger partial charge in [-0.1, -0.05) is 152 Å². The first kappa shape index (κ1) is 34.0. The van der Waals surface area contributed by atoms with Crippen LogP contribution >= 0.6 is 11.3 Å². The van der Waals surface area contributed by atoms with Gasteiger partial charge < -0.3 is 4.42 Å². The standard InChI is InChI=1S/C55H32N4OS/c1-2-13-34(14-3-1)53-56-54(38-25-27-42-41-18-6-8-22-47(41)60-48(42)32-38)58-55(57-53)59-51-39-17-5-4-12-33(39)24-28-45(51)44-21-11-20-40(52(44)59)37-16-10-15-35(30-37)36-26-29-50-46(31-36)43-19-7-9-23-49(43)61-50/h1-32H. The summed E-state index contributed by atoms with van der Waals surface area (Å²) in [6.07, 6.45) is 0. The zero-order valence-corrected chi connectivity index (χ0v) is 33.4. The van der Waals surface area contributed by atoms with Crippen LogP contribution in [0.25, 0.3) is 126 Å². The quantitative estimate of drug-likeness (QED) is 0.174. The van der Waals surface area contributed by atoms with Crippen LogP contribution in [0, 0.1) is 0 Å². The molecule has 0 N–H and O–H groups in total. The molecule has 0 saturated carbocycles. The maximum Gasteiger partial charge on any atom is 0.238 e. The highest BCUT2D eigenvalue weighted by Gasteiger charge is 2.23. The Morgan fingerprint density at radius 1 is 0.361 bits per heavy atom. The van der Waals surface area contributed by atoms with E-state index in [1.165, 1.54) is 25.7 Å². The van der Waals surface area contributed by atoms with Gasteiger partial charge in [-0.25, -0.2) is 4.98 Å². The summed E-state index contributed by atoms with van der Waals surface area (Å²) in [5, 5.41) is 9.25. The van der Waals surface area contributed by atoms with E-state index in [2.05, 4.69) is 162 Å². The van der Waals surface area contributed by atoms with E-state index in [4.69, 9.17) is 19.4 Å². The van der Waals surface area contributed by atoms with Crippen molar-refractivity contribution >= 4 is 86.0 Å². The van der Waals surface area contributed by atoms with Crippen molar-refractivity contribution in [3.8, 4) is 51.0 Å². The molecule has 4 heterocycles. The molecular weight excluding hydrogens is 765 g/mol. The summed E-state index contributed by atoms with van der Waals surface area (Å²) in [5.74, 6) is 1.71. The molecule has 0 bridgehead atoms. The second-order valence-corrected chi connectivity index (χ2v) is 16.7. The lowest BCUT2D eigenvalue weighted by Crippen LogP contribution is -2.07. The van der Waals surface area contributed by atoms with Gasteiger partial charge in [-0.2, -0.15) is 9.97 Å². The van der Waals surface area contributed by atoms with Crippen LogP contribution in [0.3, 0.4) is 0 Å². The van der Waals surface area contributed by atoms with Crippen molar-refractivity contribution in [2.45, 2.75) is 0 Å². The van der Waals surface area contributed by atoms with Crippen molar-refractivity contribution in [3.05, 3.63) is 194 Å². The molecule has 6 heteroatoms. The highest BCUT2D eigenvalue weighted by Crippen LogP contribution is 2.43. The number of nitrogens with zero attached hydrogens (tertiary/aromatic N) is 4. The van der Waals surface area contributed by atoms with E-state index >= 15 is 0 Å². The molecule has 0 saturated heterocycles. The highest BCUT2D eigenvalue weighted by molar-refractivity contribution is 7.25. The zero-order valence-electron chi connectivity index (χ0n) is 32.6. The molecule has 0 atom stereocenters. The number of benzene rings is 9. The van der Waals surface area contributed by atoms with Crippen molar-refractivity contribution in [2.75, 3.05) is 0 Å². The maximum atomic E-state index is 6.36. The molecule has 61 heavy (non-hydrogen) atoms. The average Bonchev–Trinajstić information content (AvgIpc) is 4.01. The van der Waals surface area contributed by atoms with Crippen LogP contribution in [0.5, 0.6) is 0 Å². The molecule has 0 aliphatic carbocycles. The molecule has 0 unspecified atom stereocenters. The molecule has 0 fully saturated rings. The van der Waals surface area contributed by atoms with Gasteiger partial charge in [-0.3, -0.25) is 4.57 Å². The third kappa shape index (κ3) is 5.36. The van der Waals surface area contributed by atoms with Crippen LogP contribution in [0.1, 0.15) is 0 Å². The lowest BCUT2D eigenvalue weighted by Gasteiger charge is -2.14. The topological polar surface area (TPSA) is 56.7 Å². The number of para-hydroxylation sites is 2. The van der Waals surface area contributed by atoms with Crippen molar-refractivity contribution < 1.29 is 4.42 Å². The molecule has 13 rings (SSSR count). The third-order valence-corrected chi connectivity index (χ3v) is 13.2.